The van der Waals surface area contributed by atoms with E-state index >= 15 is 0 Å². The van der Waals surface area contributed by atoms with Crippen molar-refractivity contribution in [2.45, 2.75) is 35.9 Å². The molecule has 2 aliphatic heterocycles. The number of allylic oxidation sites excluding steroid dienone is 8. The summed E-state index contributed by atoms with van der Waals surface area (Å²) in [4.78, 5) is 10.4. The van der Waals surface area contributed by atoms with Crippen molar-refractivity contribution < 1.29 is 4.74 Å². The predicted octanol–water partition coefficient (Wildman–Crippen LogP) is 10.6. The maximum Gasteiger partial charge on any atom is 0.169 e. The van der Waals surface area contributed by atoms with Crippen LogP contribution in [0.3, 0.4) is 0 Å². The molecular formula is C53H41N3O. The molecule has 0 aromatic heterocycles. The van der Waals surface area contributed by atoms with Gasteiger partial charge < -0.3 is 10.1 Å². The number of fused-ring (bicyclic) bond motifs is 9. The van der Waals surface area contributed by atoms with Crippen LogP contribution in [-0.2, 0) is 5.41 Å². The second kappa shape index (κ2) is 11.6. The smallest absolute Gasteiger partial charge is 0.169 e. The normalized spacial score (nSPS) is 33.6. The number of aliphatic imine (C=N–C) groups is 2. The molecular weight excluding hydrogens is 695 g/mol. The zero-order valence-electron chi connectivity index (χ0n) is 31.4. The molecule has 0 bridgehead atoms. The van der Waals surface area contributed by atoms with Crippen molar-refractivity contribution in [3.8, 4) is 5.75 Å². The van der Waals surface area contributed by atoms with Gasteiger partial charge in [-0.1, -0.05) is 176 Å². The van der Waals surface area contributed by atoms with Crippen molar-refractivity contribution in [1.29, 1.82) is 0 Å². The summed E-state index contributed by atoms with van der Waals surface area (Å²) in [6.07, 6.45) is 22.5. The van der Waals surface area contributed by atoms with Gasteiger partial charge in [0.05, 0.1) is 5.41 Å². The summed E-state index contributed by atoms with van der Waals surface area (Å²) < 4.78 is 6.84. The molecule has 57 heavy (non-hydrogen) atoms. The zero-order valence-corrected chi connectivity index (χ0v) is 31.4. The average molecular weight is 736 g/mol. The van der Waals surface area contributed by atoms with E-state index in [0.717, 1.165) is 45.9 Å². The summed E-state index contributed by atoms with van der Waals surface area (Å²) in [5.41, 5.74) is 11.0. The van der Waals surface area contributed by atoms with Crippen molar-refractivity contribution in [1.82, 2.24) is 5.32 Å². The van der Waals surface area contributed by atoms with Gasteiger partial charge in [0.25, 0.3) is 0 Å². The maximum absolute atomic E-state index is 6.84. The van der Waals surface area contributed by atoms with Gasteiger partial charge in [-0.25, -0.2) is 9.98 Å². The molecule has 2 heterocycles. The summed E-state index contributed by atoms with van der Waals surface area (Å²) in [7, 11) is 0. The number of amidine groups is 2. The highest BCUT2D eigenvalue weighted by atomic mass is 16.5. The van der Waals surface area contributed by atoms with E-state index in [0.29, 0.717) is 11.8 Å². The van der Waals surface area contributed by atoms with Gasteiger partial charge in [0, 0.05) is 39.9 Å². The van der Waals surface area contributed by atoms with Gasteiger partial charge in [-0.15, -0.1) is 0 Å². The summed E-state index contributed by atoms with van der Waals surface area (Å²) in [5, 5.41) is 3.60. The van der Waals surface area contributed by atoms with E-state index < -0.39 is 0 Å². The highest BCUT2D eigenvalue weighted by Crippen LogP contribution is 2.79. The fourth-order valence-corrected chi connectivity index (χ4v) is 12.1. The maximum atomic E-state index is 6.84. The van der Waals surface area contributed by atoms with Gasteiger partial charge in [0.2, 0.25) is 0 Å². The standard InChI is InChI=1S/C53H41N3O/c1-2-11-34(12-3-1)49-54-50(56-51(55-49)36-26-22-33(23-27-36)47-40-14-10-15-41(40)47)35-24-20-32(21-25-35)37-28-29-39-38-13-4-5-16-42(38)53(45(39)31-37)43-17-6-7-19-46(43)57-48-44-18-8-9-30-52(44,48)53/h1-14,16-31,39-41,44-45,47-48,50H,15H2,(H,54,55,56). The molecule has 2 fully saturated rings. The van der Waals surface area contributed by atoms with Gasteiger partial charge in [0.15, 0.2) is 6.17 Å². The number of ether oxygens (including phenoxy) is 1. The van der Waals surface area contributed by atoms with Gasteiger partial charge >= 0.3 is 0 Å². The highest BCUT2D eigenvalue weighted by Gasteiger charge is 2.80. The first-order valence-corrected chi connectivity index (χ1v) is 20.7. The quantitative estimate of drug-likeness (QED) is 0.183. The lowest BCUT2D eigenvalue weighted by Crippen LogP contribution is -2.47. The van der Waals surface area contributed by atoms with Crippen LogP contribution < -0.4 is 10.1 Å². The molecule has 2 saturated carbocycles. The Morgan fingerprint density at radius 1 is 0.632 bits per heavy atom. The number of nitrogens with zero attached hydrogens (tertiary/aromatic N) is 2. The van der Waals surface area contributed by atoms with Crippen molar-refractivity contribution >= 4 is 17.2 Å². The van der Waals surface area contributed by atoms with Crippen LogP contribution in [0.5, 0.6) is 5.75 Å². The topological polar surface area (TPSA) is 46.0 Å². The Kier molecular flexibility index (Phi) is 6.51. The second-order valence-electron chi connectivity index (χ2n) is 17.2. The van der Waals surface area contributed by atoms with E-state index in [1.54, 1.807) is 0 Å². The lowest BCUT2D eigenvalue weighted by molar-refractivity contribution is 0.156. The first-order chi connectivity index (χ1) is 28.2. The van der Waals surface area contributed by atoms with Crippen LogP contribution in [0, 0.1) is 29.1 Å². The average Bonchev–Trinajstić information content (AvgIpc) is 4.04. The lowest BCUT2D eigenvalue weighted by Gasteiger charge is -2.48. The Labute approximate surface area is 333 Å². The summed E-state index contributed by atoms with van der Waals surface area (Å²) in [5.74, 6) is 5.79. The Morgan fingerprint density at radius 3 is 2.16 bits per heavy atom. The summed E-state index contributed by atoms with van der Waals surface area (Å²) >= 11 is 0. The number of hydrogen-bond acceptors (Lipinski definition) is 4. The first-order valence-electron chi connectivity index (χ1n) is 20.7. The second-order valence-corrected chi connectivity index (χ2v) is 17.2. The number of para-hydroxylation sites is 1. The number of hydrogen-bond donors (Lipinski definition) is 1. The van der Waals surface area contributed by atoms with Gasteiger partial charge in [-0.3, -0.25) is 0 Å². The van der Waals surface area contributed by atoms with Crippen LogP contribution in [0.4, 0.5) is 0 Å². The van der Waals surface area contributed by atoms with E-state index in [1.807, 2.05) is 6.07 Å². The van der Waals surface area contributed by atoms with Crippen molar-refractivity contribution in [2.24, 2.45) is 39.1 Å². The molecule has 4 heteroatoms. The molecule has 5 aromatic rings. The Hall–Kier alpha value is -6.26. The van der Waals surface area contributed by atoms with E-state index in [2.05, 4.69) is 181 Å². The molecule has 8 aliphatic rings. The third-order valence-electron chi connectivity index (χ3n) is 14.7. The number of benzene rings is 5. The van der Waals surface area contributed by atoms with E-state index in [1.165, 1.54) is 39.8 Å². The SMILES string of the molecule is C1=CC2C3Oc4ccccc4C4(c5ccccc5C5C=CC(c6ccc(C7N=C(c8ccccc8)NC(c8ccc(C9C%10C=CCC%109)cc8)=N7)cc6)=CC54)C23C=C1. The molecule has 5 aromatic carbocycles. The predicted molar refractivity (Wildman–Crippen MR) is 227 cm³/mol. The molecule has 274 valence electrons. The van der Waals surface area contributed by atoms with Crippen LogP contribution >= 0.6 is 0 Å². The summed E-state index contributed by atoms with van der Waals surface area (Å²) in [6.45, 7) is 0. The Balaban J connectivity index is 0.871. The van der Waals surface area contributed by atoms with E-state index in [9.17, 15) is 0 Å². The molecule has 13 rings (SSSR count). The van der Waals surface area contributed by atoms with Crippen LogP contribution in [0.15, 0.2) is 192 Å². The third-order valence-corrected chi connectivity index (χ3v) is 14.7. The number of nitrogens with one attached hydrogen (secondary N) is 1. The first kappa shape index (κ1) is 31.9. The van der Waals surface area contributed by atoms with Crippen LogP contribution in [0.25, 0.3) is 5.57 Å². The Bertz CT molecular complexity index is 2720. The largest absolute Gasteiger partial charge is 0.488 e. The van der Waals surface area contributed by atoms with E-state index in [4.69, 9.17) is 14.7 Å². The minimum atomic E-state index is -0.362. The molecule has 1 N–H and O–H groups in total. The van der Waals surface area contributed by atoms with Crippen molar-refractivity contribution in [2.75, 3.05) is 0 Å². The lowest BCUT2D eigenvalue weighted by atomic mass is 9.55. The molecule has 0 saturated heterocycles. The fourth-order valence-electron chi connectivity index (χ4n) is 12.1. The minimum absolute atomic E-state index is 0.126. The van der Waals surface area contributed by atoms with Crippen LogP contribution in [0.1, 0.15) is 68.9 Å². The van der Waals surface area contributed by atoms with Crippen LogP contribution in [0.2, 0.25) is 0 Å². The molecule has 10 atom stereocenters. The fraction of sp³-hybridized carbons (Fsp3) is 0.208. The highest BCUT2D eigenvalue weighted by molar-refractivity contribution is 6.15. The molecule has 10 unspecified atom stereocenters. The molecule has 2 spiro atoms. The monoisotopic (exact) mass is 735 g/mol. The molecule has 6 aliphatic carbocycles. The zero-order chi connectivity index (χ0) is 37.3. The number of rotatable bonds is 5. The summed E-state index contributed by atoms with van der Waals surface area (Å²) in [6, 6.07) is 46.6. The van der Waals surface area contributed by atoms with E-state index in [-0.39, 0.29) is 34.9 Å². The molecule has 0 amide bonds. The molecule has 0 radical (unpaired) electrons. The third kappa shape index (κ3) is 4.33. The minimum Gasteiger partial charge on any atom is -0.488 e. The Morgan fingerprint density at radius 2 is 1.35 bits per heavy atom. The molecule has 4 nitrogen and oxygen atoms in total. The van der Waals surface area contributed by atoms with Gasteiger partial charge in [0.1, 0.15) is 23.5 Å². The van der Waals surface area contributed by atoms with Crippen LogP contribution in [-0.4, -0.2) is 17.8 Å². The van der Waals surface area contributed by atoms with Crippen molar-refractivity contribution in [3.63, 3.8) is 0 Å². The van der Waals surface area contributed by atoms with Crippen molar-refractivity contribution in [3.05, 3.63) is 227 Å². The van der Waals surface area contributed by atoms with Gasteiger partial charge in [-0.2, -0.15) is 0 Å². The van der Waals surface area contributed by atoms with Gasteiger partial charge in [-0.05, 0) is 63.6 Å².